The number of halogens is 1. The Morgan fingerprint density at radius 2 is 1.47 bits per heavy atom. The van der Waals surface area contributed by atoms with Gasteiger partial charge in [-0.1, -0.05) is 96.5 Å². The number of nitro benzene ring substituents is 1. The number of rotatable bonds is 14. The molecule has 312 valence electrons. The van der Waals surface area contributed by atoms with Crippen molar-refractivity contribution in [2.45, 2.75) is 68.9 Å². The number of carbonyl (C=O) groups excluding carboxylic acids is 3. The molecule has 0 aromatic heterocycles. The van der Waals surface area contributed by atoms with Crippen LogP contribution < -0.4 is 19.5 Å². The topological polar surface area (TPSA) is 183 Å². The summed E-state index contributed by atoms with van der Waals surface area (Å²) in [5.41, 5.74) is 1.88. The maximum Gasteiger partial charge on any atom is 0.411 e. The first-order chi connectivity index (χ1) is 28.5. The van der Waals surface area contributed by atoms with Gasteiger partial charge in [0.05, 0.1) is 16.4 Å². The van der Waals surface area contributed by atoms with E-state index in [2.05, 4.69) is 5.32 Å². The van der Waals surface area contributed by atoms with Crippen LogP contribution in [0.25, 0.3) is 11.1 Å². The molecule has 1 aliphatic heterocycles. The molecule has 16 heteroatoms. The van der Waals surface area contributed by atoms with E-state index in [0.29, 0.717) is 23.7 Å². The number of hydrogen-bond donors (Lipinski definition) is 2. The Balaban J connectivity index is 1.23. The highest BCUT2D eigenvalue weighted by molar-refractivity contribution is 7.90. The molecule has 2 N–H and O–H groups in total. The van der Waals surface area contributed by atoms with Gasteiger partial charge in [-0.3, -0.25) is 24.6 Å². The summed E-state index contributed by atoms with van der Waals surface area (Å²) in [6.07, 6.45) is -1.63. The summed E-state index contributed by atoms with van der Waals surface area (Å²) in [5, 5.41) is 13.9. The number of amides is 3. The molecule has 3 amide bonds. The number of nitrogens with one attached hydrogen (secondary N) is 2. The highest BCUT2D eigenvalue weighted by Gasteiger charge is 2.44. The molecule has 5 aromatic carbocycles. The van der Waals surface area contributed by atoms with E-state index in [4.69, 9.17) is 25.8 Å². The summed E-state index contributed by atoms with van der Waals surface area (Å²) in [7, 11) is -4.71. The first-order valence-electron chi connectivity index (χ1n) is 18.9. The van der Waals surface area contributed by atoms with Gasteiger partial charge in [0.15, 0.2) is 0 Å². The molecule has 0 unspecified atom stereocenters. The van der Waals surface area contributed by atoms with Crippen molar-refractivity contribution in [1.29, 1.82) is 0 Å². The predicted molar refractivity (Wildman–Crippen MR) is 224 cm³/mol. The number of likely N-dealkylation sites (tertiary alicyclic amines) is 1. The third-order valence-corrected chi connectivity index (χ3v) is 11.0. The Hall–Kier alpha value is -6.45. The molecule has 14 nitrogen and oxygen atoms in total. The number of nitro groups is 1. The second kappa shape index (κ2) is 18.6. The largest absolute Gasteiger partial charge is 0.489 e. The number of sulfonamides is 1. The van der Waals surface area contributed by atoms with Crippen LogP contribution in [-0.2, 0) is 37.4 Å². The van der Waals surface area contributed by atoms with Crippen molar-refractivity contribution in [2.75, 3.05) is 6.54 Å². The van der Waals surface area contributed by atoms with Crippen LogP contribution in [0.1, 0.15) is 38.3 Å². The summed E-state index contributed by atoms with van der Waals surface area (Å²) in [5.74, 6) is -0.877. The van der Waals surface area contributed by atoms with E-state index in [9.17, 15) is 32.9 Å². The van der Waals surface area contributed by atoms with Crippen molar-refractivity contribution in [3.05, 3.63) is 154 Å². The predicted octanol–water partition coefficient (Wildman–Crippen LogP) is 7.48. The number of carbonyl (C=O) groups is 3. The molecule has 0 aliphatic carbocycles. The second-order valence-electron chi connectivity index (χ2n) is 15.0. The molecule has 0 bridgehead atoms. The fourth-order valence-electron chi connectivity index (χ4n) is 6.44. The van der Waals surface area contributed by atoms with Gasteiger partial charge in [0.1, 0.15) is 46.9 Å². The maximum absolute atomic E-state index is 14.2. The molecule has 1 saturated heterocycles. The summed E-state index contributed by atoms with van der Waals surface area (Å²) < 4.78 is 46.6. The molecule has 1 heterocycles. The van der Waals surface area contributed by atoms with E-state index in [1.165, 1.54) is 4.90 Å². The Bertz CT molecular complexity index is 2430. The SMILES string of the molecule is CC(C)(C)OC(=O)N1C[C@@H](Oc2ccc(-c3ccccc3)cc2)C[C@H]1C(=O)N[C@@H](Cc1ccc(OCc2ccccc2)cc1)C(=O)NS(=O)(=O)c1ccc(Cl)c([N+](=O)[O-])c1. The molecule has 1 aliphatic rings. The lowest BCUT2D eigenvalue weighted by molar-refractivity contribution is -0.384. The molecule has 0 radical (unpaired) electrons. The van der Waals surface area contributed by atoms with Crippen molar-refractivity contribution < 1.29 is 41.9 Å². The van der Waals surface area contributed by atoms with Crippen LogP contribution in [0.3, 0.4) is 0 Å². The van der Waals surface area contributed by atoms with Gasteiger partial charge in [0.2, 0.25) is 5.91 Å². The van der Waals surface area contributed by atoms with Crippen LogP contribution in [-0.4, -0.2) is 66.5 Å². The van der Waals surface area contributed by atoms with Crippen molar-refractivity contribution in [1.82, 2.24) is 14.9 Å². The molecular weight excluding hydrogens is 812 g/mol. The smallest absolute Gasteiger partial charge is 0.411 e. The van der Waals surface area contributed by atoms with Gasteiger partial charge >= 0.3 is 6.09 Å². The van der Waals surface area contributed by atoms with Crippen LogP contribution in [0.4, 0.5) is 10.5 Å². The lowest BCUT2D eigenvalue weighted by Crippen LogP contribution is -2.55. The minimum Gasteiger partial charge on any atom is -0.489 e. The van der Waals surface area contributed by atoms with E-state index in [0.717, 1.165) is 34.9 Å². The quantitative estimate of drug-likeness (QED) is 0.0839. The van der Waals surface area contributed by atoms with Crippen LogP contribution in [0.15, 0.2) is 132 Å². The molecule has 5 aromatic rings. The second-order valence-corrected chi connectivity index (χ2v) is 17.1. The van der Waals surface area contributed by atoms with Gasteiger partial charge in [-0.15, -0.1) is 0 Å². The minimum absolute atomic E-state index is 0.0139. The molecule has 6 rings (SSSR count). The van der Waals surface area contributed by atoms with E-state index >= 15 is 0 Å². The van der Waals surface area contributed by atoms with Gasteiger partial charge in [0, 0.05) is 18.9 Å². The lowest BCUT2D eigenvalue weighted by Gasteiger charge is -2.28. The molecule has 0 spiro atoms. The Morgan fingerprint density at radius 3 is 2.10 bits per heavy atom. The van der Waals surface area contributed by atoms with Crippen molar-refractivity contribution >= 4 is 45.2 Å². The van der Waals surface area contributed by atoms with Gasteiger partial charge in [0.25, 0.3) is 21.6 Å². The average Bonchev–Trinajstić information content (AvgIpc) is 3.65. The minimum atomic E-state index is -4.71. The van der Waals surface area contributed by atoms with Gasteiger partial charge in [-0.2, -0.15) is 0 Å². The van der Waals surface area contributed by atoms with Crippen LogP contribution >= 0.6 is 11.6 Å². The fraction of sp³-hybridized carbons (Fsp3) is 0.250. The zero-order valence-electron chi connectivity index (χ0n) is 32.9. The monoisotopic (exact) mass is 854 g/mol. The molecule has 60 heavy (non-hydrogen) atoms. The van der Waals surface area contributed by atoms with Gasteiger partial charge < -0.3 is 19.5 Å². The zero-order valence-corrected chi connectivity index (χ0v) is 34.5. The van der Waals surface area contributed by atoms with E-state index < -0.39 is 67.2 Å². The highest BCUT2D eigenvalue weighted by Crippen LogP contribution is 2.29. The summed E-state index contributed by atoms with van der Waals surface area (Å²) in [4.78, 5) is 53.0. The number of benzene rings is 5. The Morgan fingerprint density at radius 1 is 0.850 bits per heavy atom. The summed E-state index contributed by atoms with van der Waals surface area (Å²) in [6, 6.07) is 33.4. The van der Waals surface area contributed by atoms with Crippen molar-refractivity contribution in [3.63, 3.8) is 0 Å². The van der Waals surface area contributed by atoms with E-state index in [-0.39, 0.29) is 24.4 Å². The third kappa shape index (κ3) is 11.4. The van der Waals surface area contributed by atoms with Gasteiger partial charge in [-0.05, 0) is 79.4 Å². The number of nitrogens with zero attached hydrogens (tertiary/aromatic N) is 2. The van der Waals surface area contributed by atoms with Crippen molar-refractivity contribution in [2.24, 2.45) is 0 Å². The summed E-state index contributed by atoms with van der Waals surface area (Å²) >= 11 is 5.90. The summed E-state index contributed by atoms with van der Waals surface area (Å²) in [6.45, 7) is 5.34. The van der Waals surface area contributed by atoms with Crippen LogP contribution in [0.5, 0.6) is 11.5 Å². The fourth-order valence-corrected chi connectivity index (χ4v) is 7.67. The first-order valence-corrected chi connectivity index (χ1v) is 20.8. The number of hydrogen-bond acceptors (Lipinski definition) is 10. The number of ether oxygens (including phenoxy) is 3. The highest BCUT2D eigenvalue weighted by atomic mass is 35.5. The average molecular weight is 855 g/mol. The molecular formula is C44H43ClN4O10S. The van der Waals surface area contributed by atoms with Crippen molar-refractivity contribution in [3.8, 4) is 22.6 Å². The zero-order chi connectivity index (χ0) is 43.0. The normalized spacial score (nSPS) is 15.7. The van der Waals surface area contributed by atoms with E-state index in [1.54, 1.807) is 57.2 Å². The van der Waals surface area contributed by atoms with Crippen LogP contribution in [0, 0.1) is 10.1 Å². The Labute approximate surface area is 352 Å². The lowest BCUT2D eigenvalue weighted by atomic mass is 10.0. The van der Waals surface area contributed by atoms with Crippen LogP contribution in [0.2, 0.25) is 5.02 Å². The molecule has 1 fully saturated rings. The van der Waals surface area contributed by atoms with E-state index in [1.807, 2.05) is 77.5 Å². The third-order valence-electron chi connectivity index (χ3n) is 9.36. The molecule has 0 saturated carbocycles. The Kier molecular flexibility index (Phi) is 13.4. The van der Waals surface area contributed by atoms with Gasteiger partial charge in [-0.25, -0.2) is 17.9 Å². The first kappa shape index (κ1) is 43.1. The maximum atomic E-state index is 14.2. The molecule has 3 atom stereocenters. The standard InChI is InChI=1S/C44H43ClN4O10S/c1-44(2,3)59-43(52)48-27-35(58-34-20-16-32(17-21-34)31-12-8-5-9-13-31)25-40(48)42(51)46-38(24-29-14-18-33(19-15-29)57-28-30-10-6-4-7-11-30)41(50)47-60(55,56)36-22-23-37(45)39(26-36)49(53)54/h4-23,26,35,38,40H,24-25,27-28H2,1-3H3,(H,46,51)(H,47,50)/t35-,38-,40-/m0/s1.